The van der Waals surface area contributed by atoms with E-state index in [1.165, 1.54) is 0 Å². The summed E-state index contributed by atoms with van der Waals surface area (Å²) in [7, 11) is 0. The Bertz CT molecular complexity index is 675. The van der Waals surface area contributed by atoms with Crippen molar-refractivity contribution < 1.29 is 19.1 Å². The van der Waals surface area contributed by atoms with Crippen LogP contribution >= 0.6 is 0 Å². The van der Waals surface area contributed by atoms with Gasteiger partial charge in [-0.1, -0.05) is 32.0 Å². The standard InChI is InChI=1S/C19H27NO4/c1-12(2)16(21)9-10-20-19(22)18-15(11-23-13(3)4)14-7-5-6-8-17(14)24-18/h5-8,12-13,16,21H,9-11H2,1-4H3,(H,20,22). The first-order valence-corrected chi connectivity index (χ1v) is 8.48. The van der Waals surface area contributed by atoms with Crippen molar-refractivity contribution in [2.45, 2.75) is 52.9 Å². The van der Waals surface area contributed by atoms with Crippen LogP contribution in [0.15, 0.2) is 28.7 Å². The second-order valence-electron chi connectivity index (χ2n) is 6.62. The third kappa shape index (κ3) is 4.58. The smallest absolute Gasteiger partial charge is 0.287 e. The van der Waals surface area contributed by atoms with Gasteiger partial charge in [0.15, 0.2) is 5.76 Å². The van der Waals surface area contributed by atoms with E-state index in [0.29, 0.717) is 25.2 Å². The number of aliphatic hydroxyl groups is 1. The number of furan rings is 1. The maximum atomic E-state index is 12.5. The van der Waals surface area contributed by atoms with E-state index < -0.39 is 6.10 Å². The van der Waals surface area contributed by atoms with Gasteiger partial charge in [-0.15, -0.1) is 0 Å². The Morgan fingerprint density at radius 1 is 1.25 bits per heavy atom. The van der Waals surface area contributed by atoms with Gasteiger partial charge in [-0.3, -0.25) is 4.79 Å². The van der Waals surface area contributed by atoms with Gasteiger partial charge in [0.05, 0.1) is 18.8 Å². The average Bonchev–Trinajstić information content (AvgIpc) is 2.91. The van der Waals surface area contributed by atoms with Crippen molar-refractivity contribution in [1.29, 1.82) is 0 Å². The van der Waals surface area contributed by atoms with E-state index in [2.05, 4.69) is 5.32 Å². The lowest BCUT2D eigenvalue weighted by Gasteiger charge is -2.14. The van der Waals surface area contributed by atoms with Crippen LogP contribution in [0.5, 0.6) is 0 Å². The van der Waals surface area contributed by atoms with Gasteiger partial charge in [0.25, 0.3) is 5.91 Å². The number of aliphatic hydroxyl groups excluding tert-OH is 1. The highest BCUT2D eigenvalue weighted by atomic mass is 16.5. The minimum Gasteiger partial charge on any atom is -0.451 e. The number of nitrogens with one attached hydrogen (secondary N) is 1. The fourth-order valence-electron chi connectivity index (χ4n) is 2.42. The summed E-state index contributed by atoms with van der Waals surface area (Å²) in [5, 5.41) is 13.5. The molecule has 0 aliphatic heterocycles. The number of hydrogen-bond acceptors (Lipinski definition) is 4. The summed E-state index contributed by atoms with van der Waals surface area (Å²) in [5.74, 6) is 0.184. The minimum atomic E-state index is -0.426. The Hall–Kier alpha value is -1.85. The number of hydrogen-bond donors (Lipinski definition) is 2. The second kappa shape index (κ2) is 8.31. The fraction of sp³-hybridized carbons (Fsp3) is 0.526. The Morgan fingerprint density at radius 2 is 1.96 bits per heavy atom. The van der Waals surface area contributed by atoms with E-state index in [4.69, 9.17) is 9.15 Å². The van der Waals surface area contributed by atoms with Crippen LogP contribution in [0.1, 0.15) is 50.2 Å². The van der Waals surface area contributed by atoms with Gasteiger partial charge in [-0.2, -0.15) is 0 Å². The first-order valence-electron chi connectivity index (χ1n) is 8.48. The summed E-state index contributed by atoms with van der Waals surface area (Å²) >= 11 is 0. The molecule has 0 radical (unpaired) electrons. The number of carbonyl (C=O) groups is 1. The van der Waals surface area contributed by atoms with Gasteiger partial charge in [0.2, 0.25) is 0 Å². The molecule has 0 saturated carbocycles. The summed E-state index contributed by atoms with van der Waals surface area (Å²) in [5.41, 5.74) is 1.44. The molecule has 0 fully saturated rings. The Morgan fingerprint density at radius 3 is 2.62 bits per heavy atom. The van der Waals surface area contributed by atoms with Gasteiger partial charge in [-0.05, 0) is 32.3 Å². The highest BCUT2D eigenvalue weighted by Crippen LogP contribution is 2.27. The van der Waals surface area contributed by atoms with Crippen molar-refractivity contribution >= 4 is 16.9 Å². The third-order valence-electron chi connectivity index (χ3n) is 3.96. The van der Waals surface area contributed by atoms with Gasteiger partial charge in [0, 0.05) is 17.5 Å². The van der Waals surface area contributed by atoms with Crippen LogP contribution in [0.4, 0.5) is 0 Å². The molecule has 0 aliphatic carbocycles. The molecule has 2 N–H and O–H groups in total. The fourth-order valence-corrected chi connectivity index (χ4v) is 2.42. The van der Waals surface area contributed by atoms with Crippen molar-refractivity contribution in [3.8, 4) is 0 Å². The molecule has 0 spiro atoms. The van der Waals surface area contributed by atoms with Crippen LogP contribution in [-0.4, -0.2) is 29.8 Å². The number of amides is 1. The predicted octanol–water partition coefficient (Wildman–Crippen LogP) is 3.49. The Balaban J connectivity index is 2.14. The molecule has 1 unspecified atom stereocenters. The number of rotatable bonds is 8. The average molecular weight is 333 g/mol. The normalized spacial score (nSPS) is 13.0. The maximum absolute atomic E-state index is 12.5. The maximum Gasteiger partial charge on any atom is 0.287 e. The number of benzene rings is 1. The van der Waals surface area contributed by atoms with Crippen LogP contribution in [0.2, 0.25) is 0 Å². The molecule has 2 rings (SSSR count). The molecule has 24 heavy (non-hydrogen) atoms. The van der Waals surface area contributed by atoms with Crippen LogP contribution in [-0.2, 0) is 11.3 Å². The van der Waals surface area contributed by atoms with Gasteiger partial charge < -0.3 is 19.6 Å². The molecule has 1 aromatic carbocycles. The molecule has 0 saturated heterocycles. The van der Waals surface area contributed by atoms with E-state index in [9.17, 15) is 9.90 Å². The lowest BCUT2D eigenvalue weighted by atomic mass is 10.0. The molecule has 5 heteroatoms. The van der Waals surface area contributed by atoms with Crippen LogP contribution in [0.3, 0.4) is 0 Å². The summed E-state index contributed by atoms with van der Waals surface area (Å²) < 4.78 is 11.4. The van der Waals surface area contributed by atoms with Crippen molar-refractivity contribution in [3.63, 3.8) is 0 Å². The summed E-state index contributed by atoms with van der Waals surface area (Å²) in [6, 6.07) is 7.56. The SMILES string of the molecule is CC(C)OCc1c(C(=O)NCCC(O)C(C)C)oc2ccccc12. The molecular formula is C19H27NO4. The Kier molecular flexibility index (Phi) is 6.40. The molecule has 0 aliphatic rings. The van der Waals surface area contributed by atoms with Crippen LogP contribution in [0.25, 0.3) is 11.0 Å². The molecule has 5 nitrogen and oxygen atoms in total. The highest BCUT2D eigenvalue weighted by Gasteiger charge is 2.21. The van der Waals surface area contributed by atoms with Gasteiger partial charge >= 0.3 is 0 Å². The van der Waals surface area contributed by atoms with Crippen molar-refractivity contribution in [2.75, 3.05) is 6.54 Å². The minimum absolute atomic E-state index is 0.0655. The van der Waals surface area contributed by atoms with Crippen molar-refractivity contribution in [3.05, 3.63) is 35.6 Å². The lowest BCUT2D eigenvalue weighted by molar-refractivity contribution is 0.0642. The number of fused-ring (bicyclic) bond motifs is 1. The molecule has 1 heterocycles. The lowest BCUT2D eigenvalue weighted by Crippen LogP contribution is -2.29. The number of ether oxygens (including phenoxy) is 1. The quantitative estimate of drug-likeness (QED) is 0.775. The van der Waals surface area contributed by atoms with Gasteiger partial charge in [-0.25, -0.2) is 0 Å². The predicted molar refractivity (Wildman–Crippen MR) is 93.9 cm³/mol. The number of para-hydroxylation sites is 1. The molecule has 2 aromatic rings. The van der Waals surface area contributed by atoms with Crippen LogP contribution in [0, 0.1) is 5.92 Å². The third-order valence-corrected chi connectivity index (χ3v) is 3.96. The topological polar surface area (TPSA) is 71.7 Å². The molecule has 0 bridgehead atoms. The molecule has 1 atom stereocenters. The highest BCUT2D eigenvalue weighted by molar-refractivity contribution is 5.99. The van der Waals surface area contributed by atoms with E-state index >= 15 is 0 Å². The van der Waals surface area contributed by atoms with E-state index in [0.717, 1.165) is 10.9 Å². The molecule has 1 amide bonds. The zero-order chi connectivity index (χ0) is 17.7. The monoisotopic (exact) mass is 333 g/mol. The van der Waals surface area contributed by atoms with Crippen molar-refractivity contribution in [2.24, 2.45) is 5.92 Å². The molecular weight excluding hydrogens is 306 g/mol. The Labute approximate surface area is 143 Å². The summed E-state index contributed by atoms with van der Waals surface area (Å²) in [4.78, 5) is 12.5. The van der Waals surface area contributed by atoms with E-state index in [-0.39, 0.29) is 23.7 Å². The van der Waals surface area contributed by atoms with Gasteiger partial charge in [0.1, 0.15) is 5.58 Å². The summed E-state index contributed by atoms with van der Waals surface area (Å²) in [6.45, 7) is 8.54. The van der Waals surface area contributed by atoms with Crippen molar-refractivity contribution in [1.82, 2.24) is 5.32 Å². The zero-order valence-electron chi connectivity index (χ0n) is 14.8. The molecule has 1 aromatic heterocycles. The molecule has 132 valence electrons. The first-order chi connectivity index (χ1) is 11.4. The number of carbonyl (C=O) groups excluding carboxylic acids is 1. The zero-order valence-corrected chi connectivity index (χ0v) is 14.8. The largest absolute Gasteiger partial charge is 0.451 e. The summed E-state index contributed by atoms with van der Waals surface area (Å²) in [6.07, 6.45) is 0.155. The van der Waals surface area contributed by atoms with E-state index in [1.807, 2.05) is 52.0 Å². The van der Waals surface area contributed by atoms with Crippen LogP contribution < -0.4 is 5.32 Å². The second-order valence-corrected chi connectivity index (χ2v) is 6.62. The van der Waals surface area contributed by atoms with E-state index in [1.54, 1.807) is 0 Å². The first kappa shape index (κ1) is 18.5.